The van der Waals surface area contributed by atoms with Crippen LogP contribution in [0.5, 0.6) is 0 Å². The second-order valence-corrected chi connectivity index (χ2v) is 5.21. The average Bonchev–Trinajstić information content (AvgIpc) is 2.78. The molecule has 5 nitrogen and oxygen atoms in total. The van der Waals surface area contributed by atoms with Crippen molar-refractivity contribution in [1.82, 2.24) is 14.9 Å². The molecule has 0 radical (unpaired) electrons. The molecule has 0 aliphatic carbocycles. The van der Waals surface area contributed by atoms with Gasteiger partial charge in [0.1, 0.15) is 5.82 Å². The Morgan fingerprint density at radius 3 is 2.85 bits per heavy atom. The predicted octanol–water partition coefficient (Wildman–Crippen LogP) is 1.97. The van der Waals surface area contributed by atoms with E-state index in [1.165, 1.54) is 11.4 Å². The van der Waals surface area contributed by atoms with E-state index in [0.717, 1.165) is 37.4 Å². The topological polar surface area (TPSA) is 69.2 Å². The van der Waals surface area contributed by atoms with Crippen molar-refractivity contribution in [3.63, 3.8) is 0 Å². The number of aromatic carboxylic acids is 1. The monoisotopic (exact) mass is 271 g/mol. The van der Waals surface area contributed by atoms with Crippen LogP contribution >= 0.6 is 0 Å². The number of hydrogen-bond donors (Lipinski definition) is 2. The summed E-state index contributed by atoms with van der Waals surface area (Å²) < 4.78 is 0. The van der Waals surface area contributed by atoms with E-state index in [0.29, 0.717) is 5.56 Å². The van der Waals surface area contributed by atoms with E-state index in [2.05, 4.69) is 14.9 Å². The minimum absolute atomic E-state index is 0.332. The van der Waals surface area contributed by atoms with Crippen molar-refractivity contribution in [2.45, 2.75) is 26.4 Å². The number of imidazole rings is 1. The van der Waals surface area contributed by atoms with E-state index in [-0.39, 0.29) is 0 Å². The molecule has 1 aliphatic rings. The highest BCUT2D eigenvalue weighted by Crippen LogP contribution is 2.18. The average molecular weight is 271 g/mol. The van der Waals surface area contributed by atoms with Crippen molar-refractivity contribution in [2.24, 2.45) is 0 Å². The summed E-state index contributed by atoms with van der Waals surface area (Å²) in [6.07, 6.45) is 0.965. The molecular weight excluding hydrogens is 254 g/mol. The molecule has 1 aromatic carbocycles. The predicted molar refractivity (Wildman–Crippen MR) is 74.5 cm³/mol. The zero-order valence-electron chi connectivity index (χ0n) is 11.4. The number of fused-ring (bicyclic) bond motifs is 1. The van der Waals surface area contributed by atoms with E-state index in [9.17, 15) is 4.79 Å². The second-order valence-electron chi connectivity index (χ2n) is 5.21. The number of carboxylic acid groups (broad SMARTS) is 1. The molecule has 0 saturated heterocycles. The number of hydrogen-bond acceptors (Lipinski definition) is 3. The Morgan fingerprint density at radius 2 is 2.15 bits per heavy atom. The maximum atomic E-state index is 10.8. The van der Waals surface area contributed by atoms with Crippen LogP contribution in [0.4, 0.5) is 0 Å². The van der Waals surface area contributed by atoms with Crippen molar-refractivity contribution >= 4 is 5.97 Å². The van der Waals surface area contributed by atoms with Crippen LogP contribution in [-0.4, -0.2) is 32.5 Å². The summed E-state index contributed by atoms with van der Waals surface area (Å²) in [5.41, 5.74) is 3.85. The number of H-pyrrole nitrogens is 1. The molecule has 0 unspecified atom stereocenters. The Bertz CT molecular complexity index is 631. The fraction of sp³-hybridized carbons (Fsp3) is 0.333. The summed E-state index contributed by atoms with van der Waals surface area (Å²) >= 11 is 0. The molecule has 0 fully saturated rings. The molecular formula is C15H17N3O2. The summed E-state index contributed by atoms with van der Waals surface area (Å²) in [5.74, 6) is 0.0924. The van der Waals surface area contributed by atoms with Crippen LogP contribution in [-0.2, 0) is 19.5 Å². The van der Waals surface area contributed by atoms with Gasteiger partial charge in [0.05, 0.1) is 17.0 Å². The van der Waals surface area contributed by atoms with Gasteiger partial charge in [-0.15, -0.1) is 0 Å². The van der Waals surface area contributed by atoms with Crippen molar-refractivity contribution in [3.05, 3.63) is 52.6 Å². The lowest BCUT2D eigenvalue weighted by molar-refractivity contribution is 0.0697. The van der Waals surface area contributed by atoms with E-state index < -0.39 is 5.97 Å². The summed E-state index contributed by atoms with van der Waals surface area (Å²) in [6, 6.07) is 7.09. The first kappa shape index (κ1) is 12.9. The maximum Gasteiger partial charge on any atom is 0.335 e. The quantitative estimate of drug-likeness (QED) is 0.895. The zero-order valence-corrected chi connectivity index (χ0v) is 11.4. The van der Waals surface area contributed by atoms with Gasteiger partial charge in [0.25, 0.3) is 0 Å². The van der Waals surface area contributed by atoms with E-state index >= 15 is 0 Å². The Balaban J connectivity index is 1.68. The maximum absolute atomic E-state index is 10.8. The number of benzene rings is 1. The summed E-state index contributed by atoms with van der Waals surface area (Å²) in [5, 5.41) is 8.89. The van der Waals surface area contributed by atoms with Gasteiger partial charge in [0.15, 0.2) is 0 Å². The lowest BCUT2D eigenvalue weighted by Gasteiger charge is -2.26. The van der Waals surface area contributed by atoms with Crippen LogP contribution in [0.15, 0.2) is 24.3 Å². The molecule has 0 saturated carbocycles. The molecule has 1 aliphatic heterocycles. The molecule has 2 heterocycles. The SMILES string of the molecule is Cc1nc2c([nH]1)CN(Cc1ccc(C(=O)O)cc1)CC2. The molecule has 2 aromatic rings. The van der Waals surface area contributed by atoms with Crippen molar-refractivity contribution < 1.29 is 9.90 Å². The van der Waals surface area contributed by atoms with Crippen LogP contribution in [0.2, 0.25) is 0 Å². The number of aryl methyl sites for hydroxylation is 1. The third kappa shape index (κ3) is 2.58. The molecule has 0 bridgehead atoms. The molecule has 1 aromatic heterocycles. The molecule has 0 spiro atoms. The minimum atomic E-state index is -0.882. The highest BCUT2D eigenvalue weighted by molar-refractivity contribution is 5.87. The number of rotatable bonds is 3. The van der Waals surface area contributed by atoms with Gasteiger partial charge >= 0.3 is 5.97 Å². The fourth-order valence-electron chi connectivity index (χ4n) is 2.64. The first-order valence-electron chi connectivity index (χ1n) is 6.71. The standard InChI is InChI=1S/C15H17N3O2/c1-10-16-13-6-7-18(9-14(13)17-10)8-11-2-4-12(5-3-11)15(19)20/h2-5H,6-9H2,1H3,(H,16,17)(H,19,20). The van der Waals surface area contributed by atoms with Crippen molar-refractivity contribution in [1.29, 1.82) is 0 Å². The van der Waals surface area contributed by atoms with Gasteiger partial charge in [-0.3, -0.25) is 4.90 Å². The van der Waals surface area contributed by atoms with Crippen LogP contribution in [0.1, 0.15) is 33.1 Å². The Labute approximate surface area is 117 Å². The number of carboxylic acids is 1. The fourth-order valence-corrected chi connectivity index (χ4v) is 2.64. The molecule has 2 N–H and O–H groups in total. The lowest BCUT2D eigenvalue weighted by atomic mass is 10.1. The van der Waals surface area contributed by atoms with Gasteiger partial charge in [0, 0.05) is 26.1 Å². The highest BCUT2D eigenvalue weighted by Gasteiger charge is 2.19. The van der Waals surface area contributed by atoms with E-state index in [1.807, 2.05) is 19.1 Å². The molecule has 0 amide bonds. The van der Waals surface area contributed by atoms with Crippen molar-refractivity contribution in [2.75, 3.05) is 6.54 Å². The zero-order chi connectivity index (χ0) is 14.1. The molecule has 104 valence electrons. The van der Waals surface area contributed by atoms with Gasteiger partial charge in [-0.1, -0.05) is 12.1 Å². The molecule has 5 heteroatoms. The van der Waals surface area contributed by atoms with Crippen LogP contribution < -0.4 is 0 Å². The second kappa shape index (κ2) is 5.09. The largest absolute Gasteiger partial charge is 0.478 e. The van der Waals surface area contributed by atoms with Gasteiger partial charge in [0.2, 0.25) is 0 Å². The van der Waals surface area contributed by atoms with Crippen LogP contribution in [0.3, 0.4) is 0 Å². The number of aromatic nitrogens is 2. The first-order chi connectivity index (χ1) is 9.61. The number of aromatic amines is 1. The van der Waals surface area contributed by atoms with Gasteiger partial charge in [-0.25, -0.2) is 9.78 Å². The minimum Gasteiger partial charge on any atom is -0.478 e. The smallest absolute Gasteiger partial charge is 0.335 e. The summed E-state index contributed by atoms with van der Waals surface area (Å²) in [7, 11) is 0. The Kier molecular flexibility index (Phi) is 3.28. The number of nitrogens with one attached hydrogen (secondary N) is 1. The third-order valence-corrected chi connectivity index (χ3v) is 3.64. The first-order valence-corrected chi connectivity index (χ1v) is 6.71. The highest BCUT2D eigenvalue weighted by atomic mass is 16.4. The van der Waals surface area contributed by atoms with Crippen LogP contribution in [0.25, 0.3) is 0 Å². The van der Waals surface area contributed by atoms with E-state index in [1.54, 1.807) is 12.1 Å². The van der Waals surface area contributed by atoms with Crippen LogP contribution in [0, 0.1) is 6.92 Å². The molecule has 3 rings (SSSR count). The Hall–Kier alpha value is -2.14. The lowest BCUT2D eigenvalue weighted by Crippen LogP contribution is -2.30. The normalized spacial score (nSPS) is 15.1. The number of carbonyl (C=O) groups is 1. The summed E-state index contributed by atoms with van der Waals surface area (Å²) in [6.45, 7) is 4.67. The van der Waals surface area contributed by atoms with Gasteiger partial charge in [-0.2, -0.15) is 0 Å². The van der Waals surface area contributed by atoms with Crippen molar-refractivity contribution in [3.8, 4) is 0 Å². The van der Waals surface area contributed by atoms with Gasteiger partial charge < -0.3 is 10.1 Å². The van der Waals surface area contributed by atoms with E-state index in [4.69, 9.17) is 5.11 Å². The molecule has 20 heavy (non-hydrogen) atoms. The third-order valence-electron chi connectivity index (χ3n) is 3.64. The molecule has 0 atom stereocenters. The number of nitrogens with zero attached hydrogens (tertiary/aromatic N) is 2. The van der Waals surface area contributed by atoms with Gasteiger partial charge in [-0.05, 0) is 24.6 Å². The summed E-state index contributed by atoms with van der Waals surface area (Å²) in [4.78, 5) is 20.9. The Morgan fingerprint density at radius 1 is 1.40 bits per heavy atom.